The van der Waals surface area contributed by atoms with Crippen molar-refractivity contribution in [3.63, 3.8) is 0 Å². The van der Waals surface area contributed by atoms with Crippen LogP contribution in [0.4, 0.5) is 10.8 Å². The number of benzene rings is 1. The number of nitrogens with one attached hydrogen (secondary N) is 2. The predicted molar refractivity (Wildman–Crippen MR) is 82.8 cm³/mol. The van der Waals surface area contributed by atoms with E-state index in [1.807, 2.05) is 19.1 Å². The van der Waals surface area contributed by atoms with Crippen LogP contribution in [0.5, 0.6) is 0 Å². The highest BCUT2D eigenvalue weighted by Gasteiger charge is 2.12. The zero-order chi connectivity index (χ0) is 14.6. The zero-order valence-corrected chi connectivity index (χ0v) is 12.6. The second kappa shape index (κ2) is 6.21. The molecule has 108 valence electrons. The van der Waals surface area contributed by atoms with Gasteiger partial charge in [-0.05, 0) is 18.6 Å². The Morgan fingerprint density at radius 1 is 1.40 bits per heavy atom. The van der Waals surface area contributed by atoms with E-state index in [9.17, 15) is 8.42 Å². The molecule has 0 spiro atoms. The zero-order valence-electron chi connectivity index (χ0n) is 11.0. The molecule has 0 aliphatic heterocycles. The number of thiazole rings is 1. The summed E-state index contributed by atoms with van der Waals surface area (Å²) >= 11 is 1.23. The normalized spacial score (nSPS) is 11.4. The van der Waals surface area contributed by atoms with Crippen LogP contribution in [-0.4, -0.2) is 19.9 Å². The lowest BCUT2D eigenvalue weighted by Crippen LogP contribution is -2.30. The minimum atomic E-state index is -3.55. The van der Waals surface area contributed by atoms with Gasteiger partial charge in [-0.3, -0.25) is 0 Å². The van der Waals surface area contributed by atoms with Gasteiger partial charge in [0, 0.05) is 23.2 Å². The first kappa shape index (κ1) is 14.8. The van der Waals surface area contributed by atoms with Crippen molar-refractivity contribution in [2.24, 2.45) is 0 Å². The lowest BCUT2D eigenvalue weighted by atomic mass is 10.1. The van der Waals surface area contributed by atoms with Gasteiger partial charge in [-0.25, -0.2) is 9.71 Å². The largest absolute Gasteiger partial charge is 0.399 e. The molecule has 0 aliphatic carbocycles. The number of nitrogens with zero attached hydrogens (tertiary/aromatic N) is 1. The molecule has 6 nitrogen and oxygen atoms in total. The third-order valence-corrected chi connectivity index (χ3v) is 4.38. The van der Waals surface area contributed by atoms with Crippen molar-refractivity contribution in [1.29, 1.82) is 0 Å². The second-order valence-corrected chi connectivity index (χ2v) is 6.52. The monoisotopic (exact) mass is 312 g/mol. The Hall–Kier alpha value is -1.64. The quantitative estimate of drug-likeness (QED) is 0.711. The highest BCUT2D eigenvalue weighted by Crippen LogP contribution is 2.26. The molecule has 0 atom stereocenters. The fraction of sp³-hybridized carbons (Fsp3) is 0.250. The van der Waals surface area contributed by atoms with Gasteiger partial charge in [0.2, 0.25) is 0 Å². The summed E-state index contributed by atoms with van der Waals surface area (Å²) in [4.78, 5) is 4.25. The highest BCUT2D eigenvalue weighted by molar-refractivity contribution is 7.91. The summed E-state index contributed by atoms with van der Waals surface area (Å²) in [5.74, 6) is 0. The minimum Gasteiger partial charge on any atom is -0.399 e. The molecule has 0 saturated carbocycles. The number of rotatable bonds is 6. The van der Waals surface area contributed by atoms with Crippen molar-refractivity contribution in [3.05, 3.63) is 29.6 Å². The summed E-state index contributed by atoms with van der Waals surface area (Å²) < 4.78 is 28.2. The maximum atomic E-state index is 11.7. The van der Waals surface area contributed by atoms with Gasteiger partial charge in [0.1, 0.15) is 0 Å². The van der Waals surface area contributed by atoms with Crippen molar-refractivity contribution in [3.8, 4) is 11.3 Å². The van der Waals surface area contributed by atoms with Gasteiger partial charge in [-0.15, -0.1) is 11.3 Å². The number of nitrogen functional groups attached to an aromatic ring is 1. The van der Waals surface area contributed by atoms with Gasteiger partial charge < -0.3 is 5.73 Å². The number of hydrogen-bond acceptors (Lipinski definition) is 5. The summed E-state index contributed by atoms with van der Waals surface area (Å²) in [6, 6.07) is 7.28. The molecule has 0 saturated heterocycles. The van der Waals surface area contributed by atoms with E-state index in [2.05, 4.69) is 14.4 Å². The van der Waals surface area contributed by atoms with Crippen molar-refractivity contribution < 1.29 is 8.42 Å². The van der Waals surface area contributed by atoms with Crippen molar-refractivity contribution in [2.75, 3.05) is 17.0 Å². The number of nitrogens with two attached hydrogens (primary N) is 1. The van der Waals surface area contributed by atoms with E-state index in [4.69, 9.17) is 5.73 Å². The molecule has 0 fully saturated rings. The Bertz CT molecular complexity index is 682. The van der Waals surface area contributed by atoms with Crippen molar-refractivity contribution in [2.45, 2.75) is 13.3 Å². The van der Waals surface area contributed by atoms with Crippen LogP contribution in [0.3, 0.4) is 0 Å². The first-order chi connectivity index (χ1) is 9.50. The lowest BCUT2D eigenvalue weighted by Gasteiger charge is -2.05. The van der Waals surface area contributed by atoms with Crippen LogP contribution < -0.4 is 15.2 Å². The molecule has 1 aromatic carbocycles. The average Bonchev–Trinajstić information content (AvgIpc) is 2.84. The highest BCUT2D eigenvalue weighted by atomic mass is 32.2. The molecule has 1 aromatic heterocycles. The fourth-order valence-electron chi connectivity index (χ4n) is 1.54. The van der Waals surface area contributed by atoms with Gasteiger partial charge in [0.15, 0.2) is 5.13 Å². The Labute approximate surface area is 122 Å². The molecule has 1 heterocycles. The molecule has 8 heteroatoms. The molecular formula is C12H16N4O2S2. The van der Waals surface area contributed by atoms with Gasteiger partial charge >= 0.3 is 10.2 Å². The van der Waals surface area contributed by atoms with Crippen LogP contribution in [0.2, 0.25) is 0 Å². The summed E-state index contributed by atoms with van der Waals surface area (Å²) in [6.07, 6.45) is 0.729. The standard InChI is InChI=1S/C12H16N4O2S2/c1-2-6-14-20(17,18)16-12-15-11(8-19-12)9-4-3-5-10(13)7-9/h3-5,7-8,14H,2,6,13H2,1H3,(H,15,16). The molecule has 0 bridgehead atoms. The summed E-state index contributed by atoms with van der Waals surface area (Å²) in [6.45, 7) is 2.28. The SMILES string of the molecule is CCCNS(=O)(=O)Nc1nc(-c2cccc(N)c2)cs1. The fourth-order valence-corrected chi connectivity index (χ4v) is 3.44. The van der Waals surface area contributed by atoms with Crippen LogP contribution in [0.25, 0.3) is 11.3 Å². The second-order valence-electron chi connectivity index (χ2n) is 4.16. The van der Waals surface area contributed by atoms with Crippen LogP contribution >= 0.6 is 11.3 Å². The predicted octanol–water partition coefficient (Wildman–Crippen LogP) is 2.05. The van der Waals surface area contributed by atoms with Gasteiger partial charge in [0.05, 0.1) is 5.69 Å². The molecule has 0 radical (unpaired) electrons. The van der Waals surface area contributed by atoms with Gasteiger partial charge in [-0.2, -0.15) is 13.1 Å². The Morgan fingerprint density at radius 2 is 2.20 bits per heavy atom. The molecule has 2 aromatic rings. The van der Waals surface area contributed by atoms with Crippen LogP contribution in [0, 0.1) is 0 Å². The van der Waals surface area contributed by atoms with E-state index < -0.39 is 10.2 Å². The third-order valence-electron chi connectivity index (χ3n) is 2.45. The number of hydrogen-bond donors (Lipinski definition) is 3. The summed E-state index contributed by atoms with van der Waals surface area (Å²) in [5.41, 5.74) is 7.90. The first-order valence-electron chi connectivity index (χ1n) is 6.09. The first-order valence-corrected chi connectivity index (χ1v) is 8.45. The molecule has 0 aliphatic rings. The third kappa shape index (κ3) is 3.92. The molecule has 0 unspecified atom stereocenters. The topological polar surface area (TPSA) is 97.1 Å². The van der Waals surface area contributed by atoms with Gasteiger partial charge in [0.25, 0.3) is 0 Å². The average molecular weight is 312 g/mol. The summed E-state index contributed by atoms with van der Waals surface area (Å²) in [7, 11) is -3.55. The smallest absolute Gasteiger partial charge is 0.300 e. The summed E-state index contributed by atoms with van der Waals surface area (Å²) in [5, 5.41) is 2.11. The lowest BCUT2D eigenvalue weighted by molar-refractivity contribution is 0.586. The Kier molecular flexibility index (Phi) is 4.58. The van der Waals surface area contributed by atoms with Crippen molar-refractivity contribution in [1.82, 2.24) is 9.71 Å². The van der Waals surface area contributed by atoms with E-state index >= 15 is 0 Å². The Balaban J connectivity index is 2.13. The molecule has 0 amide bonds. The molecule has 20 heavy (non-hydrogen) atoms. The van der Waals surface area contributed by atoms with Crippen molar-refractivity contribution >= 4 is 32.4 Å². The molecular weight excluding hydrogens is 296 g/mol. The molecule has 4 N–H and O–H groups in total. The van der Waals surface area contributed by atoms with Crippen LogP contribution in [0.1, 0.15) is 13.3 Å². The van der Waals surface area contributed by atoms with E-state index in [0.29, 0.717) is 23.1 Å². The van der Waals surface area contributed by atoms with Gasteiger partial charge in [-0.1, -0.05) is 19.1 Å². The minimum absolute atomic E-state index is 0.325. The van der Waals surface area contributed by atoms with E-state index in [0.717, 1.165) is 12.0 Å². The number of anilines is 2. The van der Waals surface area contributed by atoms with Crippen LogP contribution in [-0.2, 0) is 10.2 Å². The maximum Gasteiger partial charge on any atom is 0.300 e. The number of aromatic nitrogens is 1. The van der Waals surface area contributed by atoms with Crippen LogP contribution in [0.15, 0.2) is 29.6 Å². The van der Waals surface area contributed by atoms with E-state index in [-0.39, 0.29) is 0 Å². The Morgan fingerprint density at radius 3 is 2.90 bits per heavy atom. The maximum absolute atomic E-state index is 11.7. The van der Waals surface area contributed by atoms with E-state index in [1.54, 1.807) is 17.5 Å². The van der Waals surface area contributed by atoms with E-state index in [1.165, 1.54) is 11.3 Å². The molecule has 2 rings (SSSR count).